The van der Waals surface area contributed by atoms with Gasteiger partial charge in [0.05, 0.1) is 0 Å². The Kier molecular flexibility index (Phi) is 4.20. The van der Waals surface area contributed by atoms with Crippen molar-refractivity contribution >= 4 is 5.82 Å². The maximum Gasteiger partial charge on any atom is 0.128 e. The van der Waals surface area contributed by atoms with Crippen molar-refractivity contribution in [2.45, 2.75) is 32.3 Å². The Balaban J connectivity index is 1.84. The largest absolute Gasteiger partial charge is 0.384 e. The number of aryl methyl sites for hydroxylation is 1. The summed E-state index contributed by atoms with van der Waals surface area (Å²) in [6.45, 7) is 4.23. The number of piperidine rings is 1. The van der Waals surface area contributed by atoms with E-state index in [9.17, 15) is 5.11 Å². The number of pyridine rings is 1. The minimum Gasteiger partial charge on any atom is -0.384 e. The zero-order valence-electron chi connectivity index (χ0n) is 12.5. The lowest BCUT2D eigenvalue weighted by molar-refractivity contribution is 0.219. The molecule has 2 aromatic rings. The van der Waals surface area contributed by atoms with Crippen LogP contribution in [0.1, 0.15) is 42.1 Å². The van der Waals surface area contributed by atoms with Crippen molar-refractivity contribution in [2.75, 3.05) is 18.0 Å². The topological polar surface area (TPSA) is 36.4 Å². The third-order valence-electron chi connectivity index (χ3n) is 4.23. The lowest BCUT2D eigenvalue weighted by Gasteiger charge is -2.28. The van der Waals surface area contributed by atoms with Gasteiger partial charge in [-0.05, 0) is 43.4 Å². The van der Waals surface area contributed by atoms with Crippen LogP contribution in [0, 0.1) is 6.92 Å². The molecule has 0 aliphatic carbocycles. The monoisotopic (exact) mass is 282 g/mol. The van der Waals surface area contributed by atoms with E-state index in [4.69, 9.17) is 0 Å². The van der Waals surface area contributed by atoms with Gasteiger partial charge in [-0.2, -0.15) is 0 Å². The summed E-state index contributed by atoms with van der Waals surface area (Å²) in [7, 11) is 0. The van der Waals surface area contributed by atoms with E-state index in [1.54, 1.807) is 0 Å². The van der Waals surface area contributed by atoms with Crippen LogP contribution >= 0.6 is 0 Å². The Bertz CT molecular complexity index is 591. The molecule has 1 saturated heterocycles. The van der Waals surface area contributed by atoms with Crippen LogP contribution in [0.15, 0.2) is 42.6 Å². The molecule has 3 nitrogen and oxygen atoms in total. The van der Waals surface area contributed by atoms with Crippen LogP contribution in [0.5, 0.6) is 0 Å². The molecule has 1 aliphatic heterocycles. The summed E-state index contributed by atoms with van der Waals surface area (Å²) < 4.78 is 0. The fourth-order valence-corrected chi connectivity index (χ4v) is 2.95. The molecular formula is C18H22N2O. The highest BCUT2D eigenvalue weighted by Gasteiger charge is 2.16. The number of benzene rings is 1. The highest BCUT2D eigenvalue weighted by molar-refractivity contribution is 5.45. The number of aliphatic hydroxyl groups excluding tert-OH is 1. The second-order valence-corrected chi connectivity index (χ2v) is 5.76. The first-order valence-corrected chi connectivity index (χ1v) is 7.70. The molecule has 0 amide bonds. The van der Waals surface area contributed by atoms with Gasteiger partial charge in [0.25, 0.3) is 0 Å². The number of hydrogen-bond acceptors (Lipinski definition) is 3. The van der Waals surface area contributed by atoms with E-state index in [2.05, 4.69) is 22.9 Å². The molecule has 0 spiro atoms. The minimum absolute atomic E-state index is 0.603. The molecular weight excluding hydrogens is 260 g/mol. The molecule has 1 aliphatic rings. The van der Waals surface area contributed by atoms with Crippen molar-refractivity contribution in [1.82, 2.24) is 4.98 Å². The molecule has 1 aromatic heterocycles. The van der Waals surface area contributed by atoms with Gasteiger partial charge in [-0.15, -0.1) is 0 Å². The molecule has 1 fully saturated rings. The maximum absolute atomic E-state index is 10.5. The summed E-state index contributed by atoms with van der Waals surface area (Å²) in [5.41, 5.74) is 2.90. The number of hydrogen-bond donors (Lipinski definition) is 1. The molecule has 21 heavy (non-hydrogen) atoms. The van der Waals surface area contributed by atoms with Crippen LogP contribution in [0.2, 0.25) is 0 Å². The van der Waals surface area contributed by atoms with Gasteiger partial charge in [-0.1, -0.05) is 30.3 Å². The fraction of sp³-hybridized carbons (Fsp3) is 0.389. The van der Waals surface area contributed by atoms with Crippen LogP contribution in [0.25, 0.3) is 0 Å². The summed E-state index contributed by atoms with van der Waals surface area (Å²) in [6, 6.07) is 11.9. The highest BCUT2D eigenvalue weighted by Crippen LogP contribution is 2.27. The van der Waals surface area contributed by atoms with Gasteiger partial charge in [0.1, 0.15) is 11.9 Å². The van der Waals surface area contributed by atoms with Crippen LogP contribution < -0.4 is 4.90 Å². The number of nitrogens with zero attached hydrogens (tertiary/aromatic N) is 2. The van der Waals surface area contributed by atoms with Crippen LogP contribution in [-0.4, -0.2) is 23.2 Å². The van der Waals surface area contributed by atoms with Gasteiger partial charge in [-0.25, -0.2) is 4.98 Å². The highest BCUT2D eigenvalue weighted by atomic mass is 16.3. The number of anilines is 1. The van der Waals surface area contributed by atoms with Crippen molar-refractivity contribution < 1.29 is 5.11 Å². The van der Waals surface area contributed by atoms with Crippen LogP contribution in [0.3, 0.4) is 0 Å². The van der Waals surface area contributed by atoms with Gasteiger partial charge in [0.15, 0.2) is 0 Å². The van der Waals surface area contributed by atoms with Gasteiger partial charge in [0.2, 0.25) is 0 Å². The average Bonchev–Trinajstić information content (AvgIpc) is 2.56. The third kappa shape index (κ3) is 3.08. The summed E-state index contributed by atoms with van der Waals surface area (Å²) in [5.74, 6) is 1.04. The smallest absolute Gasteiger partial charge is 0.128 e. The van der Waals surface area contributed by atoms with Gasteiger partial charge in [0, 0.05) is 24.8 Å². The molecule has 110 valence electrons. The zero-order chi connectivity index (χ0) is 14.7. The molecule has 0 radical (unpaired) electrons. The Morgan fingerprint density at radius 1 is 1.10 bits per heavy atom. The van der Waals surface area contributed by atoms with E-state index in [0.717, 1.165) is 35.6 Å². The van der Waals surface area contributed by atoms with Crippen molar-refractivity contribution in [2.24, 2.45) is 0 Å². The predicted octanol–water partition coefficient (Wildman–Crippen LogP) is 3.46. The Labute approximate surface area is 126 Å². The van der Waals surface area contributed by atoms with E-state index in [-0.39, 0.29) is 0 Å². The van der Waals surface area contributed by atoms with Crippen molar-refractivity contribution in [3.8, 4) is 0 Å². The third-order valence-corrected chi connectivity index (χ3v) is 4.23. The number of aliphatic hydroxyl groups is 1. The Morgan fingerprint density at radius 2 is 1.81 bits per heavy atom. The quantitative estimate of drug-likeness (QED) is 0.936. The summed E-state index contributed by atoms with van der Waals surface area (Å²) in [6.07, 6.45) is 5.04. The minimum atomic E-state index is -0.603. The normalized spacial score (nSPS) is 16.8. The lowest BCUT2D eigenvalue weighted by Crippen LogP contribution is -2.30. The predicted molar refractivity (Wildman–Crippen MR) is 85.5 cm³/mol. The molecule has 1 unspecified atom stereocenters. The van der Waals surface area contributed by atoms with Crippen molar-refractivity contribution in [3.05, 3.63) is 59.3 Å². The van der Waals surface area contributed by atoms with E-state index < -0.39 is 6.10 Å². The fourth-order valence-electron chi connectivity index (χ4n) is 2.95. The zero-order valence-corrected chi connectivity index (χ0v) is 12.5. The molecule has 0 bridgehead atoms. The summed E-state index contributed by atoms with van der Waals surface area (Å²) >= 11 is 0. The summed E-state index contributed by atoms with van der Waals surface area (Å²) in [4.78, 5) is 6.92. The first-order valence-electron chi connectivity index (χ1n) is 7.70. The SMILES string of the molecule is Cc1cc(N2CCCCC2)ncc1C(O)c1ccccc1. The molecule has 3 rings (SSSR count). The lowest BCUT2D eigenvalue weighted by atomic mass is 9.99. The van der Waals surface area contributed by atoms with Gasteiger partial charge in [-0.3, -0.25) is 0 Å². The maximum atomic E-state index is 10.5. The first kappa shape index (κ1) is 14.1. The molecule has 1 aromatic carbocycles. The van der Waals surface area contributed by atoms with E-state index in [0.29, 0.717) is 0 Å². The first-order chi connectivity index (χ1) is 10.3. The van der Waals surface area contributed by atoms with Crippen LogP contribution in [0.4, 0.5) is 5.82 Å². The second kappa shape index (κ2) is 6.27. The van der Waals surface area contributed by atoms with Gasteiger partial charge >= 0.3 is 0 Å². The summed E-state index contributed by atoms with van der Waals surface area (Å²) in [5, 5.41) is 10.5. The molecule has 3 heteroatoms. The van der Waals surface area contributed by atoms with Gasteiger partial charge < -0.3 is 10.0 Å². The second-order valence-electron chi connectivity index (χ2n) is 5.76. The molecule has 1 N–H and O–H groups in total. The van der Waals surface area contributed by atoms with E-state index in [1.165, 1.54) is 19.3 Å². The van der Waals surface area contributed by atoms with Crippen molar-refractivity contribution in [1.29, 1.82) is 0 Å². The van der Waals surface area contributed by atoms with Crippen LogP contribution in [-0.2, 0) is 0 Å². The van der Waals surface area contributed by atoms with E-state index in [1.807, 2.05) is 36.5 Å². The van der Waals surface area contributed by atoms with Crippen molar-refractivity contribution in [3.63, 3.8) is 0 Å². The number of aromatic nitrogens is 1. The number of rotatable bonds is 3. The molecule has 0 saturated carbocycles. The molecule has 2 heterocycles. The standard InChI is InChI=1S/C18H22N2O/c1-14-12-17(20-10-6-3-7-11-20)19-13-16(14)18(21)15-8-4-2-5-9-15/h2,4-5,8-9,12-13,18,21H,3,6-7,10-11H2,1H3. The Morgan fingerprint density at radius 3 is 2.48 bits per heavy atom. The Hall–Kier alpha value is -1.87. The average molecular weight is 282 g/mol. The molecule has 1 atom stereocenters. The van der Waals surface area contributed by atoms with E-state index >= 15 is 0 Å².